The van der Waals surface area contributed by atoms with Gasteiger partial charge in [-0.3, -0.25) is 9.10 Å². The normalized spacial score (nSPS) is 15.3. The first-order valence-electron chi connectivity index (χ1n) is 10.6. The molecule has 0 bridgehead atoms. The van der Waals surface area contributed by atoms with Crippen LogP contribution in [0.3, 0.4) is 0 Å². The summed E-state index contributed by atoms with van der Waals surface area (Å²) < 4.78 is 33.8. The molecule has 0 spiro atoms. The van der Waals surface area contributed by atoms with Gasteiger partial charge < -0.3 is 10.1 Å². The van der Waals surface area contributed by atoms with Gasteiger partial charge in [0.05, 0.1) is 27.2 Å². The molecular formula is C24H21Cl3N2O4S2. The molecule has 0 saturated carbocycles. The predicted molar refractivity (Wildman–Crippen MR) is 142 cm³/mol. The maximum atomic E-state index is 13.4. The van der Waals surface area contributed by atoms with Gasteiger partial charge >= 0.3 is 0 Å². The molecule has 11 heteroatoms. The highest BCUT2D eigenvalue weighted by atomic mass is 35.5. The van der Waals surface area contributed by atoms with Gasteiger partial charge in [0, 0.05) is 23.1 Å². The SMILES string of the molecule is O=C(NCCSCc1ccc(Cl)c(Cl)c1)C1CN(S(=O)(=O)c2ccc(Cl)cc2)c2ccccc2O1. The predicted octanol–water partition coefficient (Wildman–Crippen LogP) is 5.65. The second kappa shape index (κ2) is 11.3. The lowest BCUT2D eigenvalue weighted by Crippen LogP contribution is -2.51. The molecule has 3 aromatic rings. The van der Waals surface area contributed by atoms with Gasteiger partial charge in [-0.05, 0) is 54.1 Å². The molecule has 6 nitrogen and oxygen atoms in total. The van der Waals surface area contributed by atoms with Gasteiger partial charge in [0.2, 0.25) is 0 Å². The number of para-hydroxylation sites is 2. The van der Waals surface area contributed by atoms with E-state index in [-0.39, 0.29) is 17.3 Å². The maximum Gasteiger partial charge on any atom is 0.264 e. The number of sulfonamides is 1. The smallest absolute Gasteiger partial charge is 0.264 e. The number of benzene rings is 3. The number of carbonyl (C=O) groups excluding carboxylic acids is 1. The Kier molecular flexibility index (Phi) is 8.39. The minimum atomic E-state index is -3.93. The lowest BCUT2D eigenvalue weighted by molar-refractivity contribution is -0.127. The topological polar surface area (TPSA) is 75.7 Å². The van der Waals surface area contributed by atoms with Crippen molar-refractivity contribution in [3.8, 4) is 5.75 Å². The average Bonchev–Trinajstić information content (AvgIpc) is 2.85. The Morgan fingerprint density at radius 2 is 1.77 bits per heavy atom. The molecule has 3 aromatic carbocycles. The fourth-order valence-electron chi connectivity index (χ4n) is 3.48. The van der Waals surface area contributed by atoms with E-state index in [0.29, 0.717) is 44.6 Å². The zero-order chi connectivity index (χ0) is 25.0. The molecule has 4 rings (SSSR count). The zero-order valence-electron chi connectivity index (χ0n) is 18.3. The van der Waals surface area contributed by atoms with Gasteiger partial charge in [-0.2, -0.15) is 11.8 Å². The number of halogens is 3. The van der Waals surface area contributed by atoms with E-state index in [4.69, 9.17) is 39.5 Å². The maximum absolute atomic E-state index is 13.4. The third kappa shape index (κ3) is 6.19. The Balaban J connectivity index is 1.39. The molecule has 1 N–H and O–H groups in total. The van der Waals surface area contributed by atoms with E-state index in [9.17, 15) is 13.2 Å². The second-order valence-corrected chi connectivity index (χ2v) is 11.9. The summed E-state index contributed by atoms with van der Waals surface area (Å²) >= 11 is 19.5. The van der Waals surface area contributed by atoms with Crippen LogP contribution in [0, 0.1) is 0 Å². The fraction of sp³-hybridized carbons (Fsp3) is 0.208. The summed E-state index contributed by atoms with van der Waals surface area (Å²) in [6.45, 7) is 0.250. The third-order valence-electron chi connectivity index (χ3n) is 5.23. The molecule has 1 unspecified atom stereocenters. The Hall–Kier alpha value is -2.10. The van der Waals surface area contributed by atoms with Crippen LogP contribution in [0.4, 0.5) is 5.69 Å². The van der Waals surface area contributed by atoms with E-state index >= 15 is 0 Å². The van der Waals surface area contributed by atoms with Crippen molar-refractivity contribution in [2.24, 2.45) is 0 Å². The van der Waals surface area contributed by atoms with E-state index in [1.165, 1.54) is 28.6 Å². The van der Waals surface area contributed by atoms with Crippen molar-refractivity contribution in [2.75, 3.05) is 23.1 Å². The van der Waals surface area contributed by atoms with E-state index in [1.807, 2.05) is 12.1 Å². The fourth-order valence-corrected chi connectivity index (χ4v) is 6.21. The number of rotatable bonds is 8. The number of carbonyl (C=O) groups is 1. The van der Waals surface area contributed by atoms with Crippen LogP contribution < -0.4 is 14.4 Å². The van der Waals surface area contributed by atoms with Gasteiger partial charge in [-0.1, -0.05) is 53.0 Å². The molecule has 0 saturated heterocycles. The largest absolute Gasteiger partial charge is 0.476 e. The molecule has 1 heterocycles. The van der Waals surface area contributed by atoms with Crippen LogP contribution in [0.5, 0.6) is 5.75 Å². The summed E-state index contributed by atoms with van der Waals surface area (Å²) in [5.41, 5.74) is 1.41. The second-order valence-electron chi connectivity index (χ2n) is 7.66. The van der Waals surface area contributed by atoms with Crippen molar-refractivity contribution in [3.05, 3.63) is 87.4 Å². The molecule has 0 aliphatic carbocycles. The average molecular weight is 572 g/mol. The van der Waals surface area contributed by atoms with E-state index in [1.54, 1.807) is 42.1 Å². The molecule has 1 aliphatic rings. The zero-order valence-corrected chi connectivity index (χ0v) is 22.2. The molecule has 1 amide bonds. The Labute approximate surface area is 223 Å². The van der Waals surface area contributed by atoms with Crippen molar-refractivity contribution in [1.29, 1.82) is 0 Å². The first kappa shape index (κ1) is 26.0. The lowest BCUT2D eigenvalue weighted by Gasteiger charge is -2.34. The highest BCUT2D eigenvalue weighted by molar-refractivity contribution is 7.98. The number of hydrogen-bond acceptors (Lipinski definition) is 5. The standard InChI is InChI=1S/C24H21Cl3N2O4S2/c25-17-6-8-18(9-7-17)35(31,32)29-14-23(33-22-4-2-1-3-21(22)29)24(30)28-11-12-34-15-16-5-10-19(26)20(27)13-16/h1-10,13,23H,11-12,14-15H2,(H,28,30). The van der Waals surface area contributed by atoms with Crippen molar-refractivity contribution < 1.29 is 17.9 Å². The van der Waals surface area contributed by atoms with E-state index < -0.39 is 16.1 Å². The number of fused-ring (bicyclic) bond motifs is 1. The van der Waals surface area contributed by atoms with E-state index in [0.717, 1.165) is 5.56 Å². The number of thioether (sulfide) groups is 1. The van der Waals surface area contributed by atoms with Crippen LogP contribution in [0.1, 0.15) is 5.56 Å². The number of hydrogen-bond donors (Lipinski definition) is 1. The summed E-state index contributed by atoms with van der Waals surface area (Å²) in [5, 5.41) is 4.28. The first-order chi connectivity index (χ1) is 16.8. The molecule has 0 fully saturated rings. The molecule has 0 radical (unpaired) electrons. The molecule has 0 aromatic heterocycles. The third-order valence-corrected chi connectivity index (χ3v) is 9.04. The molecular weight excluding hydrogens is 551 g/mol. The van der Waals surface area contributed by atoms with Gasteiger partial charge in [-0.15, -0.1) is 0 Å². The summed E-state index contributed by atoms with van der Waals surface area (Å²) in [6, 6.07) is 18.1. The Morgan fingerprint density at radius 3 is 2.51 bits per heavy atom. The quantitative estimate of drug-likeness (QED) is 0.354. The monoisotopic (exact) mass is 570 g/mol. The van der Waals surface area contributed by atoms with Crippen LogP contribution in [0.25, 0.3) is 0 Å². The summed E-state index contributed by atoms with van der Waals surface area (Å²) in [4.78, 5) is 12.9. The number of ether oxygens (including phenoxy) is 1. The molecule has 1 atom stereocenters. The van der Waals surface area contributed by atoms with E-state index in [2.05, 4.69) is 5.32 Å². The van der Waals surface area contributed by atoms with Crippen LogP contribution in [0.2, 0.25) is 15.1 Å². The molecule has 184 valence electrons. The number of amides is 1. The summed E-state index contributed by atoms with van der Waals surface area (Å²) in [6.07, 6.45) is -0.993. The van der Waals surface area contributed by atoms with Gasteiger partial charge in [0.25, 0.3) is 15.9 Å². The minimum Gasteiger partial charge on any atom is -0.476 e. The number of nitrogens with zero attached hydrogens (tertiary/aromatic N) is 1. The van der Waals surface area contributed by atoms with Crippen molar-refractivity contribution in [3.63, 3.8) is 0 Å². The summed E-state index contributed by atoms with van der Waals surface area (Å²) in [5.74, 6) is 1.31. The van der Waals surface area contributed by atoms with Crippen LogP contribution >= 0.6 is 46.6 Å². The van der Waals surface area contributed by atoms with Gasteiger partial charge in [0.15, 0.2) is 6.10 Å². The van der Waals surface area contributed by atoms with Gasteiger partial charge in [-0.25, -0.2) is 8.42 Å². The minimum absolute atomic E-state index is 0.0801. The lowest BCUT2D eigenvalue weighted by atomic mass is 10.2. The van der Waals surface area contributed by atoms with Crippen molar-refractivity contribution >= 4 is 68.2 Å². The Bertz CT molecular complexity index is 1320. The van der Waals surface area contributed by atoms with Gasteiger partial charge in [0.1, 0.15) is 5.75 Å². The molecule has 35 heavy (non-hydrogen) atoms. The molecule has 1 aliphatic heterocycles. The van der Waals surface area contributed by atoms with Crippen molar-refractivity contribution in [2.45, 2.75) is 16.8 Å². The number of nitrogens with one attached hydrogen (secondary N) is 1. The summed E-state index contributed by atoms with van der Waals surface area (Å²) in [7, 11) is -3.93. The van der Waals surface area contributed by atoms with Crippen LogP contribution in [-0.4, -0.2) is 39.3 Å². The highest BCUT2D eigenvalue weighted by Crippen LogP contribution is 2.37. The van der Waals surface area contributed by atoms with Crippen LogP contribution in [0.15, 0.2) is 71.6 Å². The highest BCUT2D eigenvalue weighted by Gasteiger charge is 2.37. The Morgan fingerprint density at radius 1 is 1.03 bits per heavy atom. The van der Waals surface area contributed by atoms with Crippen molar-refractivity contribution in [1.82, 2.24) is 5.32 Å². The number of anilines is 1. The first-order valence-corrected chi connectivity index (χ1v) is 14.3. The van der Waals surface area contributed by atoms with Crippen LogP contribution in [-0.2, 0) is 20.6 Å².